The fourth-order valence-corrected chi connectivity index (χ4v) is 1.60. The van der Waals surface area contributed by atoms with E-state index in [1.807, 2.05) is 0 Å². The first-order valence-corrected chi connectivity index (χ1v) is 5.92. The number of carboxylic acid groups (broad SMARTS) is 2. The molecule has 0 saturated heterocycles. The van der Waals surface area contributed by atoms with Gasteiger partial charge in [0.05, 0.1) is 5.56 Å². The summed E-state index contributed by atoms with van der Waals surface area (Å²) in [5, 5.41) is 19.6. The molecule has 0 aliphatic carbocycles. The summed E-state index contributed by atoms with van der Waals surface area (Å²) in [5.41, 5.74) is -0.253. The Morgan fingerprint density at radius 2 is 1.85 bits per heavy atom. The molecule has 0 bridgehead atoms. The minimum Gasteiger partial charge on any atom is -0.481 e. The number of rotatable bonds is 7. The van der Waals surface area contributed by atoms with Gasteiger partial charge in [-0.3, -0.25) is 9.59 Å². The fraction of sp³-hybridized carbons (Fsp3) is 0.308. The molecule has 0 saturated carbocycles. The van der Waals surface area contributed by atoms with Gasteiger partial charge in [-0.1, -0.05) is 12.1 Å². The lowest BCUT2D eigenvalue weighted by molar-refractivity contribution is -0.140. The van der Waals surface area contributed by atoms with Gasteiger partial charge in [-0.25, -0.2) is 9.18 Å². The third-order valence-electron chi connectivity index (χ3n) is 2.61. The Labute approximate surface area is 114 Å². The van der Waals surface area contributed by atoms with Crippen LogP contribution >= 0.6 is 0 Å². The molecule has 108 valence electrons. The highest BCUT2D eigenvalue weighted by molar-refractivity contribution is 5.96. The van der Waals surface area contributed by atoms with Crippen molar-refractivity contribution in [3.63, 3.8) is 0 Å². The van der Waals surface area contributed by atoms with E-state index in [0.29, 0.717) is 0 Å². The van der Waals surface area contributed by atoms with Crippen molar-refractivity contribution in [3.8, 4) is 0 Å². The average Bonchev–Trinajstić information content (AvgIpc) is 2.37. The maximum atomic E-state index is 13.4. The lowest BCUT2D eigenvalue weighted by Crippen LogP contribution is -2.41. The quantitative estimate of drug-likeness (QED) is 0.699. The minimum atomic E-state index is -1.29. The Hall–Kier alpha value is -2.44. The molecular formula is C13H14FNO5. The van der Waals surface area contributed by atoms with Crippen molar-refractivity contribution in [1.29, 1.82) is 0 Å². The van der Waals surface area contributed by atoms with E-state index in [0.717, 1.165) is 6.07 Å². The van der Waals surface area contributed by atoms with Crippen LogP contribution in [0.4, 0.5) is 4.39 Å². The Kier molecular flexibility index (Phi) is 5.64. The van der Waals surface area contributed by atoms with Crippen LogP contribution in [0.5, 0.6) is 0 Å². The first-order chi connectivity index (χ1) is 9.41. The van der Waals surface area contributed by atoms with Crippen LogP contribution in [0.1, 0.15) is 29.6 Å². The van der Waals surface area contributed by atoms with Gasteiger partial charge in [-0.15, -0.1) is 0 Å². The zero-order valence-electron chi connectivity index (χ0n) is 10.5. The summed E-state index contributed by atoms with van der Waals surface area (Å²) in [7, 11) is 0. The Bertz CT molecular complexity index is 517. The largest absolute Gasteiger partial charge is 0.481 e. The number of halogens is 1. The van der Waals surface area contributed by atoms with E-state index in [2.05, 4.69) is 5.32 Å². The molecule has 3 N–H and O–H groups in total. The smallest absolute Gasteiger partial charge is 0.326 e. The number of carbonyl (C=O) groups is 3. The third-order valence-corrected chi connectivity index (χ3v) is 2.61. The number of hydrogen-bond acceptors (Lipinski definition) is 3. The highest BCUT2D eigenvalue weighted by atomic mass is 19.1. The number of nitrogens with one attached hydrogen (secondary N) is 1. The summed E-state index contributed by atoms with van der Waals surface area (Å²) in [4.78, 5) is 33.1. The van der Waals surface area contributed by atoms with Gasteiger partial charge in [0, 0.05) is 6.42 Å². The predicted octanol–water partition coefficient (Wildman–Crippen LogP) is 1.26. The van der Waals surface area contributed by atoms with Gasteiger partial charge >= 0.3 is 11.9 Å². The molecule has 20 heavy (non-hydrogen) atoms. The molecular weight excluding hydrogens is 269 g/mol. The number of benzene rings is 1. The van der Waals surface area contributed by atoms with Gasteiger partial charge in [0.2, 0.25) is 0 Å². The van der Waals surface area contributed by atoms with E-state index >= 15 is 0 Å². The molecule has 1 aromatic carbocycles. The number of carboxylic acids is 2. The van der Waals surface area contributed by atoms with Crippen LogP contribution in [0.25, 0.3) is 0 Å². The number of aliphatic carboxylic acids is 2. The van der Waals surface area contributed by atoms with Gasteiger partial charge in [-0.05, 0) is 25.0 Å². The zero-order valence-corrected chi connectivity index (χ0v) is 10.5. The van der Waals surface area contributed by atoms with Gasteiger partial charge in [-0.2, -0.15) is 0 Å². The molecule has 0 heterocycles. The second-order valence-electron chi connectivity index (χ2n) is 4.13. The molecule has 6 nitrogen and oxygen atoms in total. The number of amides is 1. The molecule has 1 aromatic rings. The van der Waals surface area contributed by atoms with E-state index in [-0.39, 0.29) is 24.8 Å². The molecule has 1 rings (SSSR count). The summed E-state index contributed by atoms with van der Waals surface area (Å²) >= 11 is 0. The third kappa shape index (κ3) is 4.68. The summed E-state index contributed by atoms with van der Waals surface area (Å²) < 4.78 is 13.4. The number of hydrogen-bond donors (Lipinski definition) is 3. The van der Waals surface area contributed by atoms with Crippen molar-refractivity contribution < 1.29 is 29.0 Å². The van der Waals surface area contributed by atoms with Crippen LogP contribution < -0.4 is 5.32 Å². The highest BCUT2D eigenvalue weighted by Crippen LogP contribution is 2.08. The van der Waals surface area contributed by atoms with Crippen molar-refractivity contribution in [3.05, 3.63) is 35.6 Å². The minimum absolute atomic E-state index is 0.0399. The zero-order chi connectivity index (χ0) is 15.1. The molecule has 7 heteroatoms. The second kappa shape index (κ2) is 7.22. The normalized spacial score (nSPS) is 11.7. The summed E-state index contributed by atoms with van der Waals surface area (Å²) in [6.45, 7) is 0. The summed E-state index contributed by atoms with van der Waals surface area (Å²) in [5.74, 6) is -3.93. The Morgan fingerprint density at radius 3 is 2.40 bits per heavy atom. The highest BCUT2D eigenvalue weighted by Gasteiger charge is 2.22. The van der Waals surface area contributed by atoms with Gasteiger partial charge in [0.15, 0.2) is 0 Å². The SMILES string of the molecule is O=C(O)CCCC(NC(=O)c1ccccc1F)C(=O)O. The van der Waals surface area contributed by atoms with Crippen LogP contribution in [0.3, 0.4) is 0 Å². The molecule has 0 aliphatic heterocycles. The van der Waals surface area contributed by atoms with Crippen LogP contribution in [-0.2, 0) is 9.59 Å². The first-order valence-electron chi connectivity index (χ1n) is 5.92. The lowest BCUT2D eigenvalue weighted by atomic mass is 10.1. The van der Waals surface area contributed by atoms with Gasteiger partial charge < -0.3 is 15.5 Å². The maximum absolute atomic E-state index is 13.4. The molecule has 0 radical (unpaired) electrons. The summed E-state index contributed by atoms with van der Waals surface area (Å²) in [6.07, 6.45) is -0.134. The monoisotopic (exact) mass is 283 g/mol. The van der Waals surface area contributed by atoms with Crippen LogP contribution in [0.15, 0.2) is 24.3 Å². The molecule has 1 atom stereocenters. The van der Waals surface area contributed by atoms with Crippen LogP contribution in [0.2, 0.25) is 0 Å². The van der Waals surface area contributed by atoms with Gasteiger partial charge in [0.1, 0.15) is 11.9 Å². The van der Waals surface area contributed by atoms with Crippen molar-refractivity contribution in [2.75, 3.05) is 0 Å². The molecule has 0 spiro atoms. The molecule has 1 unspecified atom stereocenters. The second-order valence-corrected chi connectivity index (χ2v) is 4.13. The lowest BCUT2D eigenvalue weighted by Gasteiger charge is -2.14. The van der Waals surface area contributed by atoms with Crippen molar-refractivity contribution in [2.24, 2.45) is 0 Å². The molecule has 0 fully saturated rings. The Morgan fingerprint density at radius 1 is 1.20 bits per heavy atom. The Balaban J connectivity index is 2.66. The van der Waals surface area contributed by atoms with E-state index in [4.69, 9.17) is 10.2 Å². The van der Waals surface area contributed by atoms with E-state index in [1.165, 1.54) is 18.2 Å². The standard InChI is InChI=1S/C13H14FNO5/c14-9-5-2-1-4-8(9)12(18)15-10(13(19)20)6-3-7-11(16)17/h1-2,4-5,10H,3,6-7H2,(H,15,18)(H,16,17)(H,19,20). The van der Waals surface area contributed by atoms with Crippen LogP contribution in [0, 0.1) is 5.82 Å². The predicted molar refractivity (Wildman–Crippen MR) is 66.8 cm³/mol. The first kappa shape index (κ1) is 15.6. The summed E-state index contributed by atoms with van der Waals surface area (Å²) in [6, 6.07) is 3.95. The fourth-order valence-electron chi connectivity index (χ4n) is 1.60. The van der Waals surface area contributed by atoms with E-state index in [1.54, 1.807) is 0 Å². The molecule has 0 aliphatic rings. The van der Waals surface area contributed by atoms with Crippen molar-refractivity contribution in [2.45, 2.75) is 25.3 Å². The molecule has 1 amide bonds. The van der Waals surface area contributed by atoms with Gasteiger partial charge in [0.25, 0.3) is 5.91 Å². The number of carbonyl (C=O) groups excluding carboxylic acids is 1. The van der Waals surface area contributed by atoms with Crippen molar-refractivity contribution in [1.82, 2.24) is 5.32 Å². The average molecular weight is 283 g/mol. The van der Waals surface area contributed by atoms with E-state index in [9.17, 15) is 18.8 Å². The topological polar surface area (TPSA) is 104 Å². The van der Waals surface area contributed by atoms with Crippen molar-refractivity contribution >= 4 is 17.8 Å². The maximum Gasteiger partial charge on any atom is 0.326 e. The van der Waals surface area contributed by atoms with Crippen LogP contribution in [-0.4, -0.2) is 34.1 Å². The molecule has 0 aromatic heterocycles. The van der Waals surface area contributed by atoms with E-state index < -0.39 is 29.7 Å².